The number of anilines is 2. The lowest BCUT2D eigenvalue weighted by molar-refractivity contribution is -0.121. The van der Waals surface area contributed by atoms with Crippen LogP contribution in [0.1, 0.15) is 27.7 Å². The molecule has 0 saturated carbocycles. The third kappa shape index (κ3) is 3.47. The van der Waals surface area contributed by atoms with Crippen LogP contribution in [0.2, 0.25) is 0 Å². The van der Waals surface area contributed by atoms with Crippen molar-refractivity contribution in [1.29, 1.82) is 0 Å². The van der Waals surface area contributed by atoms with Crippen LogP contribution in [0.5, 0.6) is 0 Å². The molecule has 0 spiro atoms. The molecule has 3 N–H and O–H groups in total. The zero-order valence-electron chi connectivity index (χ0n) is 11.6. The Kier molecular flexibility index (Phi) is 5.16. The predicted molar refractivity (Wildman–Crippen MR) is 76.5 cm³/mol. The third-order valence-electron chi connectivity index (χ3n) is 3.12. The molecular formula is C14H23N3O. The second-order valence-electron chi connectivity index (χ2n) is 4.68. The van der Waals surface area contributed by atoms with E-state index in [1.807, 2.05) is 25.1 Å². The molecule has 0 aliphatic carbocycles. The number of hydrogen-bond acceptors (Lipinski definition) is 3. The van der Waals surface area contributed by atoms with Crippen LogP contribution in [0, 0.1) is 0 Å². The number of likely N-dealkylation sites (N-methyl/N-ethyl adjacent to an activating group) is 1. The normalized spacial score (nSPS) is 12.8. The van der Waals surface area contributed by atoms with Crippen LogP contribution in [-0.2, 0) is 4.79 Å². The molecule has 4 heteroatoms. The lowest BCUT2D eigenvalue weighted by atomic mass is 10.2. The highest BCUT2D eigenvalue weighted by atomic mass is 16.2. The van der Waals surface area contributed by atoms with Gasteiger partial charge in [-0.05, 0) is 39.4 Å². The maximum Gasteiger partial charge on any atom is 0.241 e. The van der Waals surface area contributed by atoms with Gasteiger partial charge in [0.2, 0.25) is 5.91 Å². The summed E-state index contributed by atoms with van der Waals surface area (Å²) < 4.78 is 0. The van der Waals surface area contributed by atoms with Crippen molar-refractivity contribution in [2.24, 2.45) is 0 Å². The van der Waals surface area contributed by atoms with Crippen LogP contribution in [0.15, 0.2) is 24.3 Å². The molecule has 0 aliphatic rings. The minimum absolute atomic E-state index is 0.0246. The molecule has 0 radical (unpaired) electrons. The molecule has 4 nitrogen and oxygen atoms in total. The average molecular weight is 249 g/mol. The van der Waals surface area contributed by atoms with Gasteiger partial charge in [0.25, 0.3) is 0 Å². The van der Waals surface area contributed by atoms with Crippen molar-refractivity contribution in [2.45, 2.75) is 39.8 Å². The summed E-state index contributed by atoms with van der Waals surface area (Å²) >= 11 is 0. The van der Waals surface area contributed by atoms with Crippen LogP contribution in [0.25, 0.3) is 0 Å². The molecule has 1 rings (SSSR count). The van der Waals surface area contributed by atoms with Gasteiger partial charge in [-0.15, -0.1) is 0 Å². The van der Waals surface area contributed by atoms with E-state index in [0.29, 0.717) is 17.4 Å². The molecule has 0 bridgehead atoms. The van der Waals surface area contributed by atoms with Crippen molar-refractivity contribution < 1.29 is 4.79 Å². The number of benzene rings is 1. The van der Waals surface area contributed by atoms with E-state index in [2.05, 4.69) is 31.0 Å². The van der Waals surface area contributed by atoms with E-state index in [1.54, 1.807) is 6.07 Å². The first-order valence-electron chi connectivity index (χ1n) is 6.38. The Hall–Kier alpha value is -1.55. The van der Waals surface area contributed by atoms with Gasteiger partial charge < -0.3 is 11.1 Å². The number of rotatable bonds is 5. The van der Waals surface area contributed by atoms with Gasteiger partial charge in [-0.3, -0.25) is 9.69 Å². The molecule has 0 fully saturated rings. The SMILES string of the molecule is CCN(C(C)C)C(C)C(=O)Nc1ccccc1N. The Morgan fingerprint density at radius 1 is 1.33 bits per heavy atom. The lowest BCUT2D eigenvalue weighted by Gasteiger charge is -2.30. The Labute approximate surface area is 109 Å². The topological polar surface area (TPSA) is 58.4 Å². The minimum atomic E-state index is -0.172. The van der Waals surface area contributed by atoms with Gasteiger partial charge in [0.05, 0.1) is 17.4 Å². The lowest BCUT2D eigenvalue weighted by Crippen LogP contribution is -2.45. The predicted octanol–water partition coefficient (Wildman–Crippen LogP) is 2.33. The number of nitrogen functional groups attached to an aromatic ring is 1. The highest BCUT2D eigenvalue weighted by Gasteiger charge is 2.22. The summed E-state index contributed by atoms with van der Waals surface area (Å²) in [6.45, 7) is 8.99. The van der Waals surface area contributed by atoms with Crippen molar-refractivity contribution in [3.8, 4) is 0 Å². The smallest absolute Gasteiger partial charge is 0.241 e. The van der Waals surface area contributed by atoms with Crippen LogP contribution in [0.3, 0.4) is 0 Å². The standard InChI is InChI=1S/C14H23N3O/c1-5-17(10(2)3)11(4)14(18)16-13-9-7-6-8-12(13)15/h6-11H,5,15H2,1-4H3,(H,16,18). The minimum Gasteiger partial charge on any atom is -0.397 e. The summed E-state index contributed by atoms with van der Waals surface area (Å²) in [6.07, 6.45) is 0. The van der Waals surface area contributed by atoms with Crippen molar-refractivity contribution >= 4 is 17.3 Å². The first-order chi connectivity index (χ1) is 8.47. The molecule has 1 atom stereocenters. The van der Waals surface area contributed by atoms with E-state index < -0.39 is 0 Å². The summed E-state index contributed by atoms with van der Waals surface area (Å²) in [7, 11) is 0. The molecule has 1 unspecified atom stereocenters. The third-order valence-corrected chi connectivity index (χ3v) is 3.12. The molecule has 1 aromatic rings. The van der Waals surface area contributed by atoms with E-state index in [0.717, 1.165) is 6.54 Å². The first kappa shape index (κ1) is 14.5. The average Bonchev–Trinajstić information content (AvgIpc) is 2.32. The second kappa shape index (κ2) is 6.40. The van der Waals surface area contributed by atoms with Crippen molar-refractivity contribution in [3.63, 3.8) is 0 Å². The van der Waals surface area contributed by atoms with Crippen molar-refractivity contribution in [2.75, 3.05) is 17.6 Å². The molecule has 18 heavy (non-hydrogen) atoms. The quantitative estimate of drug-likeness (QED) is 0.787. The molecular weight excluding hydrogens is 226 g/mol. The zero-order valence-corrected chi connectivity index (χ0v) is 11.6. The maximum absolute atomic E-state index is 12.2. The van der Waals surface area contributed by atoms with Gasteiger partial charge in [0.1, 0.15) is 0 Å². The molecule has 0 saturated heterocycles. The number of carbonyl (C=O) groups is 1. The summed E-state index contributed by atoms with van der Waals surface area (Å²) in [5.74, 6) is -0.0246. The van der Waals surface area contributed by atoms with Gasteiger partial charge in [0, 0.05) is 6.04 Å². The Bertz CT molecular complexity index is 404. The Balaban J connectivity index is 2.74. The fraction of sp³-hybridized carbons (Fsp3) is 0.500. The number of para-hydroxylation sites is 2. The summed E-state index contributed by atoms with van der Waals surface area (Å²) in [4.78, 5) is 14.3. The van der Waals surface area contributed by atoms with Crippen LogP contribution in [-0.4, -0.2) is 29.4 Å². The summed E-state index contributed by atoms with van der Waals surface area (Å²) in [5.41, 5.74) is 7.07. The van der Waals surface area contributed by atoms with Gasteiger partial charge in [0.15, 0.2) is 0 Å². The van der Waals surface area contributed by atoms with Crippen LogP contribution >= 0.6 is 0 Å². The molecule has 1 amide bonds. The number of nitrogens with two attached hydrogens (primary N) is 1. The summed E-state index contributed by atoms with van der Waals surface area (Å²) in [6, 6.07) is 7.46. The molecule has 1 aromatic carbocycles. The molecule has 0 heterocycles. The first-order valence-corrected chi connectivity index (χ1v) is 6.38. The van der Waals surface area contributed by atoms with Gasteiger partial charge in [-0.25, -0.2) is 0 Å². The van der Waals surface area contributed by atoms with Crippen LogP contribution in [0.4, 0.5) is 11.4 Å². The largest absolute Gasteiger partial charge is 0.397 e. The second-order valence-corrected chi connectivity index (χ2v) is 4.68. The van der Waals surface area contributed by atoms with E-state index >= 15 is 0 Å². The number of carbonyl (C=O) groups excluding carboxylic acids is 1. The van der Waals surface area contributed by atoms with E-state index in [4.69, 9.17) is 5.73 Å². The van der Waals surface area contributed by atoms with Crippen molar-refractivity contribution in [3.05, 3.63) is 24.3 Å². The zero-order chi connectivity index (χ0) is 13.7. The highest BCUT2D eigenvalue weighted by Crippen LogP contribution is 2.17. The number of nitrogens with one attached hydrogen (secondary N) is 1. The fourth-order valence-corrected chi connectivity index (χ4v) is 2.08. The number of amides is 1. The van der Waals surface area contributed by atoms with E-state index in [9.17, 15) is 4.79 Å². The number of hydrogen-bond donors (Lipinski definition) is 2. The van der Waals surface area contributed by atoms with Gasteiger partial charge in [-0.2, -0.15) is 0 Å². The summed E-state index contributed by atoms with van der Waals surface area (Å²) in [5, 5.41) is 2.87. The molecule has 0 aliphatic heterocycles. The maximum atomic E-state index is 12.2. The molecule has 0 aromatic heterocycles. The van der Waals surface area contributed by atoms with Crippen LogP contribution < -0.4 is 11.1 Å². The molecule has 100 valence electrons. The fourth-order valence-electron chi connectivity index (χ4n) is 2.08. The monoisotopic (exact) mass is 249 g/mol. The van der Waals surface area contributed by atoms with E-state index in [-0.39, 0.29) is 11.9 Å². The Morgan fingerprint density at radius 2 is 1.94 bits per heavy atom. The Morgan fingerprint density at radius 3 is 2.44 bits per heavy atom. The van der Waals surface area contributed by atoms with Gasteiger partial charge in [-0.1, -0.05) is 19.1 Å². The van der Waals surface area contributed by atoms with E-state index in [1.165, 1.54) is 0 Å². The number of nitrogens with zero attached hydrogens (tertiary/aromatic N) is 1. The highest BCUT2D eigenvalue weighted by molar-refractivity contribution is 5.97. The van der Waals surface area contributed by atoms with Gasteiger partial charge >= 0.3 is 0 Å². The van der Waals surface area contributed by atoms with Crippen molar-refractivity contribution in [1.82, 2.24) is 4.90 Å².